The van der Waals surface area contributed by atoms with Gasteiger partial charge in [-0.25, -0.2) is 17.6 Å². The standard InChI is InChI=1S/C13H16FNO5S/c1-2-9-8-15(5-6-20-9)21(18,19)10-3-4-12(14)11(7-10)13(16)17/h3-4,7,9H,2,5-6,8H2,1H3,(H,16,17). The predicted molar refractivity (Wildman–Crippen MR) is 72.1 cm³/mol. The SMILES string of the molecule is CCC1CN(S(=O)(=O)c2ccc(F)c(C(=O)O)c2)CCO1. The summed E-state index contributed by atoms with van der Waals surface area (Å²) in [5.41, 5.74) is -0.656. The van der Waals surface area contributed by atoms with Crippen molar-refractivity contribution in [3.63, 3.8) is 0 Å². The van der Waals surface area contributed by atoms with Crippen LogP contribution in [0.2, 0.25) is 0 Å². The van der Waals surface area contributed by atoms with Gasteiger partial charge in [-0.15, -0.1) is 0 Å². The smallest absolute Gasteiger partial charge is 0.338 e. The van der Waals surface area contributed by atoms with Gasteiger partial charge in [-0.1, -0.05) is 6.92 Å². The van der Waals surface area contributed by atoms with Crippen molar-refractivity contribution < 1.29 is 27.4 Å². The highest BCUT2D eigenvalue weighted by molar-refractivity contribution is 7.89. The summed E-state index contributed by atoms with van der Waals surface area (Å²) >= 11 is 0. The lowest BCUT2D eigenvalue weighted by molar-refractivity contribution is -0.00278. The maximum absolute atomic E-state index is 13.4. The van der Waals surface area contributed by atoms with Gasteiger partial charge in [0.1, 0.15) is 5.82 Å². The lowest BCUT2D eigenvalue weighted by Crippen LogP contribution is -2.45. The average Bonchev–Trinajstić information content (AvgIpc) is 2.47. The van der Waals surface area contributed by atoms with Crippen LogP contribution in [0.25, 0.3) is 0 Å². The van der Waals surface area contributed by atoms with Gasteiger partial charge >= 0.3 is 5.97 Å². The van der Waals surface area contributed by atoms with Crippen LogP contribution in [0.5, 0.6) is 0 Å². The first-order chi connectivity index (χ1) is 9.86. The zero-order valence-electron chi connectivity index (χ0n) is 11.5. The minimum absolute atomic E-state index is 0.187. The molecule has 0 bridgehead atoms. The van der Waals surface area contributed by atoms with E-state index in [1.807, 2.05) is 6.92 Å². The van der Waals surface area contributed by atoms with Gasteiger partial charge < -0.3 is 9.84 Å². The lowest BCUT2D eigenvalue weighted by atomic mass is 10.2. The van der Waals surface area contributed by atoms with Crippen molar-refractivity contribution >= 4 is 16.0 Å². The second-order valence-electron chi connectivity index (χ2n) is 4.71. The molecule has 0 saturated carbocycles. The Bertz CT molecular complexity index is 646. The molecule has 0 spiro atoms. The summed E-state index contributed by atoms with van der Waals surface area (Å²) in [7, 11) is -3.85. The molecule has 116 valence electrons. The first-order valence-corrected chi connectivity index (χ1v) is 7.95. The van der Waals surface area contributed by atoms with Gasteiger partial charge in [0.05, 0.1) is 23.2 Å². The van der Waals surface area contributed by atoms with Crippen LogP contribution in [-0.2, 0) is 14.8 Å². The Morgan fingerprint density at radius 3 is 2.86 bits per heavy atom. The summed E-state index contributed by atoms with van der Waals surface area (Å²) in [4.78, 5) is 10.7. The van der Waals surface area contributed by atoms with Crippen molar-refractivity contribution in [2.75, 3.05) is 19.7 Å². The molecule has 1 atom stereocenters. The van der Waals surface area contributed by atoms with Crippen LogP contribution in [0.4, 0.5) is 4.39 Å². The number of rotatable bonds is 4. The van der Waals surface area contributed by atoms with Crippen LogP contribution in [0.15, 0.2) is 23.1 Å². The monoisotopic (exact) mass is 317 g/mol. The second-order valence-corrected chi connectivity index (χ2v) is 6.65. The van der Waals surface area contributed by atoms with Crippen LogP contribution >= 0.6 is 0 Å². The predicted octanol–water partition coefficient (Wildman–Crippen LogP) is 1.32. The van der Waals surface area contributed by atoms with Crippen LogP contribution in [-0.4, -0.2) is 49.6 Å². The van der Waals surface area contributed by atoms with Crippen molar-refractivity contribution in [3.8, 4) is 0 Å². The number of halogens is 1. The summed E-state index contributed by atoms with van der Waals surface area (Å²) in [5, 5.41) is 8.88. The fourth-order valence-electron chi connectivity index (χ4n) is 2.14. The Morgan fingerprint density at radius 1 is 1.52 bits per heavy atom. The molecule has 8 heteroatoms. The average molecular weight is 317 g/mol. The number of sulfonamides is 1. The number of hydrogen-bond acceptors (Lipinski definition) is 4. The normalized spacial score (nSPS) is 20.4. The Morgan fingerprint density at radius 2 is 2.24 bits per heavy atom. The van der Waals surface area contributed by atoms with Crippen molar-refractivity contribution in [2.24, 2.45) is 0 Å². The largest absolute Gasteiger partial charge is 0.478 e. The molecule has 1 N–H and O–H groups in total. The van der Waals surface area contributed by atoms with E-state index in [-0.39, 0.29) is 30.7 Å². The number of morpholine rings is 1. The molecule has 2 rings (SSSR count). The Balaban J connectivity index is 2.35. The second kappa shape index (κ2) is 6.08. The molecule has 0 amide bonds. The van der Waals surface area contributed by atoms with Gasteiger partial charge in [0.2, 0.25) is 10.0 Å². The van der Waals surface area contributed by atoms with E-state index in [9.17, 15) is 17.6 Å². The maximum atomic E-state index is 13.4. The lowest BCUT2D eigenvalue weighted by Gasteiger charge is -2.31. The molecule has 1 unspecified atom stereocenters. The van der Waals surface area contributed by atoms with Crippen molar-refractivity contribution in [1.82, 2.24) is 4.31 Å². The molecule has 0 aromatic heterocycles. The Kier molecular flexibility index (Phi) is 4.60. The zero-order valence-corrected chi connectivity index (χ0v) is 12.3. The third-order valence-electron chi connectivity index (χ3n) is 3.36. The summed E-state index contributed by atoms with van der Waals surface area (Å²) in [6.07, 6.45) is 0.489. The van der Waals surface area contributed by atoms with Crippen molar-refractivity contribution in [2.45, 2.75) is 24.3 Å². The molecule has 0 radical (unpaired) electrons. The number of carbonyl (C=O) groups is 1. The maximum Gasteiger partial charge on any atom is 0.338 e. The molecule has 6 nitrogen and oxygen atoms in total. The third kappa shape index (κ3) is 3.22. The zero-order chi connectivity index (χ0) is 15.6. The number of hydrogen-bond donors (Lipinski definition) is 1. The van der Waals surface area contributed by atoms with E-state index in [2.05, 4.69) is 0 Å². The minimum atomic E-state index is -3.85. The highest BCUT2D eigenvalue weighted by atomic mass is 32.2. The number of nitrogens with zero attached hydrogens (tertiary/aromatic N) is 1. The number of benzene rings is 1. The highest BCUT2D eigenvalue weighted by Crippen LogP contribution is 2.22. The first kappa shape index (κ1) is 15.9. The molecule has 1 aromatic rings. The van der Waals surface area contributed by atoms with Gasteiger partial charge in [0, 0.05) is 13.1 Å². The van der Waals surface area contributed by atoms with Crippen molar-refractivity contribution in [3.05, 3.63) is 29.6 Å². The Hall–Kier alpha value is -1.51. The highest BCUT2D eigenvalue weighted by Gasteiger charge is 2.31. The number of carboxylic acids is 1. The molecule has 0 aliphatic carbocycles. The van der Waals surface area contributed by atoms with E-state index in [4.69, 9.17) is 9.84 Å². The molecular weight excluding hydrogens is 301 g/mol. The van der Waals surface area contributed by atoms with E-state index in [0.717, 1.165) is 18.2 Å². The summed E-state index contributed by atoms with van der Waals surface area (Å²) in [6.45, 7) is 2.57. The molecule has 21 heavy (non-hydrogen) atoms. The molecule has 1 aliphatic rings. The third-order valence-corrected chi connectivity index (χ3v) is 5.22. The van der Waals surface area contributed by atoms with Crippen LogP contribution < -0.4 is 0 Å². The number of ether oxygens (including phenoxy) is 1. The number of aromatic carboxylic acids is 1. The van der Waals surface area contributed by atoms with Crippen LogP contribution in [0, 0.1) is 5.82 Å². The molecule has 1 aromatic carbocycles. The fraction of sp³-hybridized carbons (Fsp3) is 0.462. The first-order valence-electron chi connectivity index (χ1n) is 6.51. The van der Waals surface area contributed by atoms with Gasteiger partial charge in [-0.2, -0.15) is 4.31 Å². The number of carboxylic acid groups (broad SMARTS) is 1. The summed E-state index contributed by atoms with van der Waals surface area (Å²) < 4.78 is 45.0. The Labute approximate surface area is 122 Å². The van der Waals surface area contributed by atoms with Gasteiger partial charge in [0.15, 0.2) is 0 Å². The van der Waals surface area contributed by atoms with Gasteiger partial charge in [-0.3, -0.25) is 0 Å². The van der Waals surface area contributed by atoms with E-state index in [1.54, 1.807) is 0 Å². The molecular formula is C13H16FNO5S. The molecule has 1 saturated heterocycles. The fourth-order valence-corrected chi connectivity index (χ4v) is 3.62. The van der Waals surface area contributed by atoms with Gasteiger partial charge in [0.25, 0.3) is 0 Å². The van der Waals surface area contributed by atoms with E-state index in [1.165, 1.54) is 4.31 Å². The summed E-state index contributed by atoms with van der Waals surface area (Å²) in [5.74, 6) is -2.46. The quantitative estimate of drug-likeness (QED) is 0.905. The molecule has 1 fully saturated rings. The summed E-state index contributed by atoms with van der Waals surface area (Å²) in [6, 6.07) is 2.78. The van der Waals surface area contributed by atoms with Crippen molar-refractivity contribution in [1.29, 1.82) is 0 Å². The minimum Gasteiger partial charge on any atom is -0.478 e. The van der Waals surface area contributed by atoms with Gasteiger partial charge in [-0.05, 0) is 24.6 Å². The van der Waals surface area contributed by atoms with E-state index in [0.29, 0.717) is 6.42 Å². The molecule has 1 heterocycles. The molecule has 1 aliphatic heterocycles. The van der Waals surface area contributed by atoms with E-state index < -0.39 is 27.4 Å². The van der Waals surface area contributed by atoms with E-state index >= 15 is 0 Å². The van der Waals surface area contributed by atoms with Crippen LogP contribution in [0.1, 0.15) is 23.7 Å². The van der Waals surface area contributed by atoms with Crippen LogP contribution in [0.3, 0.4) is 0 Å². The topological polar surface area (TPSA) is 83.9 Å².